The lowest BCUT2D eigenvalue weighted by Crippen LogP contribution is -2.44. The predicted molar refractivity (Wildman–Crippen MR) is 138 cm³/mol. The van der Waals surface area contributed by atoms with E-state index in [-0.39, 0.29) is 11.5 Å². The number of hydrogen-bond acceptors (Lipinski definition) is 3. The number of likely N-dealkylation sites (tertiary alicyclic amines) is 1. The van der Waals surface area contributed by atoms with Crippen LogP contribution in [-0.2, 0) is 4.79 Å². The highest BCUT2D eigenvalue weighted by atomic mass is 35.5. The number of rotatable bonds is 6. The summed E-state index contributed by atoms with van der Waals surface area (Å²) in [6, 6.07) is 12.7. The fraction of sp³-hybridized carbons (Fsp3) is 0.500. The molecule has 0 aromatic heterocycles. The Labute approximate surface area is 221 Å². The van der Waals surface area contributed by atoms with Crippen molar-refractivity contribution in [3.63, 3.8) is 0 Å². The van der Waals surface area contributed by atoms with Gasteiger partial charge in [0.15, 0.2) is 5.92 Å². The quantitative estimate of drug-likeness (QED) is 0.418. The van der Waals surface area contributed by atoms with Crippen LogP contribution in [0.15, 0.2) is 48.5 Å². The molecule has 0 spiro atoms. The number of halogens is 4. The molecule has 1 unspecified atom stereocenters. The van der Waals surface area contributed by atoms with E-state index in [9.17, 15) is 22.8 Å². The average Bonchev–Trinajstić information content (AvgIpc) is 3.68. The van der Waals surface area contributed by atoms with Gasteiger partial charge in [-0.2, -0.15) is 13.2 Å². The van der Waals surface area contributed by atoms with Crippen molar-refractivity contribution in [2.45, 2.75) is 57.2 Å². The number of alkyl halides is 3. The number of piperidine rings is 1. The normalized spacial score (nSPS) is 16.9. The van der Waals surface area contributed by atoms with E-state index in [1.54, 1.807) is 38.4 Å². The minimum absolute atomic E-state index is 0.0209. The van der Waals surface area contributed by atoms with Crippen LogP contribution in [0.3, 0.4) is 0 Å². The SMILES string of the molecule is CCC1CCN(C(=O)C(c2ccccc2)C(F)(F)F)CC1.CN(C)C(=O)c1ccc(OC2CC2)cc1Cl. The summed E-state index contributed by atoms with van der Waals surface area (Å²) >= 11 is 6.04. The molecule has 2 aliphatic rings. The topological polar surface area (TPSA) is 49.9 Å². The molecular weight excluding hydrogens is 505 g/mol. The second kappa shape index (κ2) is 12.7. The van der Waals surface area contributed by atoms with Gasteiger partial charge in [0.2, 0.25) is 5.91 Å². The molecule has 0 bridgehead atoms. The van der Waals surface area contributed by atoms with Crippen molar-refractivity contribution >= 4 is 23.4 Å². The zero-order valence-corrected chi connectivity index (χ0v) is 22.2. The summed E-state index contributed by atoms with van der Waals surface area (Å²) in [4.78, 5) is 26.9. The highest BCUT2D eigenvalue weighted by Gasteiger charge is 2.47. The summed E-state index contributed by atoms with van der Waals surface area (Å²) in [5, 5.41) is 0.442. The van der Waals surface area contributed by atoms with E-state index in [4.69, 9.17) is 16.3 Å². The number of amides is 2. The smallest absolute Gasteiger partial charge is 0.404 e. The summed E-state index contributed by atoms with van der Waals surface area (Å²) in [5.41, 5.74) is 0.530. The Morgan fingerprint density at radius 3 is 2.16 bits per heavy atom. The van der Waals surface area contributed by atoms with Crippen LogP contribution in [0, 0.1) is 5.92 Å². The first kappa shape index (κ1) is 28.8. The summed E-state index contributed by atoms with van der Waals surface area (Å²) in [5.74, 6) is -1.69. The average molecular weight is 539 g/mol. The van der Waals surface area contributed by atoms with Crippen molar-refractivity contribution in [2.24, 2.45) is 5.92 Å². The molecule has 4 rings (SSSR count). The highest BCUT2D eigenvalue weighted by Crippen LogP contribution is 2.37. The van der Waals surface area contributed by atoms with Gasteiger partial charge in [-0.15, -0.1) is 0 Å². The second-order valence-electron chi connectivity index (χ2n) is 9.72. The van der Waals surface area contributed by atoms with Crippen LogP contribution in [0.25, 0.3) is 0 Å². The molecule has 1 heterocycles. The van der Waals surface area contributed by atoms with Gasteiger partial charge >= 0.3 is 6.18 Å². The van der Waals surface area contributed by atoms with Crippen molar-refractivity contribution in [2.75, 3.05) is 27.2 Å². The zero-order valence-electron chi connectivity index (χ0n) is 21.4. The lowest BCUT2D eigenvalue weighted by molar-refractivity contribution is -0.172. The number of nitrogens with zero attached hydrogens (tertiary/aromatic N) is 2. The molecule has 2 aromatic rings. The fourth-order valence-electron chi connectivity index (χ4n) is 4.22. The van der Waals surface area contributed by atoms with Crippen LogP contribution in [0.2, 0.25) is 5.02 Å². The summed E-state index contributed by atoms with van der Waals surface area (Å²) in [6.07, 6.45) is 0.602. The van der Waals surface area contributed by atoms with E-state index in [0.717, 1.165) is 37.9 Å². The molecule has 1 saturated heterocycles. The minimum Gasteiger partial charge on any atom is -0.490 e. The Bertz CT molecular complexity index is 1050. The molecule has 2 amide bonds. The molecule has 1 aliphatic carbocycles. The van der Waals surface area contributed by atoms with Gasteiger partial charge in [0.25, 0.3) is 5.91 Å². The Morgan fingerprint density at radius 1 is 1.05 bits per heavy atom. The lowest BCUT2D eigenvalue weighted by Gasteiger charge is -2.34. The third-order valence-corrected chi connectivity index (χ3v) is 6.93. The van der Waals surface area contributed by atoms with Gasteiger partial charge in [-0.1, -0.05) is 55.3 Å². The van der Waals surface area contributed by atoms with Crippen molar-refractivity contribution in [3.8, 4) is 5.75 Å². The van der Waals surface area contributed by atoms with E-state index in [0.29, 0.717) is 35.7 Å². The lowest BCUT2D eigenvalue weighted by atomic mass is 9.91. The zero-order chi connectivity index (χ0) is 27.2. The highest BCUT2D eigenvalue weighted by molar-refractivity contribution is 6.34. The monoisotopic (exact) mass is 538 g/mol. The summed E-state index contributed by atoms with van der Waals surface area (Å²) in [6.45, 7) is 2.93. The predicted octanol–water partition coefficient (Wildman–Crippen LogP) is 6.56. The molecule has 202 valence electrons. The number of carbonyl (C=O) groups excluding carboxylic acids is 2. The molecule has 0 radical (unpaired) electrons. The van der Waals surface area contributed by atoms with E-state index in [1.165, 1.54) is 34.1 Å². The van der Waals surface area contributed by atoms with Crippen molar-refractivity contribution in [1.29, 1.82) is 0 Å². The first-order valence-corrected chi connectivity index (χ1v) is 13.0. The summed E-state index contributed by atoms with van der Waals surface area (Å²) in [7, 11) is 3.40. The van der Waals surface area contributed by atoms with Gasteiger partial charge in [0.1, 0.15) is 5.75 Å². The van der Waals surface area contributed by atoms with Gasteiger partial charge in [0, 0.05) is 27.2 Å². The van der Waals surface area contributed by atoms with Gasteiger partial charge in [-0.3, -0.25) is 9.59 Å². The Hall–Kier alpha value is -2.74. The molecular formula is C28H34ClF3N2O3. The second-order valence-corrected chi connectivity index (χ2v) is 10.1. The van der Waals surface area contributed by atoms with Crippen LogP contribution in [0.4, 0.5) is 13.2 Å². The Kier molecular flexibility index (Phi) is 9.87. The number of ether oxygens (including phenoxy) is 1. The van der Waals surface area contributed by atoms with E-state index in [1.807, 2.05) is 0 Å². The first-order valence-electron chi connectivity index (χ1n) is 12.6. The molecule has 1 atom stereocenters. The third-order valence-electron chi connectivity index (χ3n) is 6.62. The van der Waals surface area contributed by atoms with Crippen LogP contribution in [-0.4, -0.2) is 61.1 Å². The number of carbonyl (C=O) groups is 2. The number of benzene rings is 2. The van der Waals surface area contributed by atoms with E-state index < -0.39 is 18.0 Å². The van der Waals surface area contributed by atoms with E-state index in [2.05, 4.69) is 6.92 Å². The first-order chi connectivity index (χ1) is 17.5. The molecule has 1 saturated carbocycles. The van der Waals surface area contributed by atoms with Crippen molar-refractivity contribution < 1.29 is 27.5 Å². The van der Waals surface area contributed by atoms with Gasteiger partial charge < -0.3 is 14.5 Å². The maximum Gasteiger partial charge on any atom is 0.404 e. The molecule has 9 heteroatoms. The van der Waals surface area contributed by atoms with Crippen LogP contribution in [0.1, 0.15) is 60.9 Å². The molecule has 1 aliphatic heterocycles. The molecule has 37 heavy (non-hydrogen) atoms. The molecule has 5 nitrogen and oxygen atoms in total. The van der Waals surface area contributed by atoms with Gasteiger partial charge in [-0.25, -0.2) is 0 Å². The maximum atomic E-state index is 13.3. The van der Waals surface area contributed by atoms with Crippen LogP contribution >= 0.6 is 11.6 Å². The molecule has 2 aromatic carbocycles. The standard InChI is InChI=1S/C16H20F3NO.C12H14ClNO2/c1-2-12-8-10-20(11-9-12)15(21)14(16(17,18)19)13-6-4-3-5-7-13;1-14(2)12(15)10-6-5-9(7-11(10)13)16-8-3-4-8/h3-7,12,14H,2,8-11H2,1H3;5-8H,3-4H2,1-2H3. The Balaban J connectivity index is 0.000000213. The molecule has 2 fully saturated rings. The third kappa shape index (κ3) is 8.12. The van der Waals surface area contributed by atoms with Crippen molar-refractivity contribution in [1.82, 2.24) is 9.80 Å². The summed E-state index contributed by atoms with van der Waals surface area (Å²) < 4.78 is 45.5. The number of hydrogen-bond donors (Lipinski definition) is 0. The van der Waals surface area contributed by atoms with E-state index >= 15 is 0 Å². The van der Waals surface area contributed by atoms with Crippen molar-refractivity contribution in [3.05, 3.63) is 64.7 Å². The molecule has 0 N–H and O–H groups in total. The maximum absolute atomic E-state index is 13.3. The van der Waals surface area contributed by atoms with Gasteiger partial charge in [0.05, 0.1) is 16.7 Å². The fourth-order valence-corrected chi connectivity index (χ4v) is 4.47. The largest absolute Gasteiger partial charge is 0.490 e. The minimum atomic E-state index is -4.56. The van der Waals surface area contributed by atoms with Crippen LogP contribution in [0.5, 0.6) is 5.75 Å². The van der Waals surface area contributed by atoms with Gasteiger partial charge in [-0.05, 0) is 55.4 Å². The van der Waals surface area contributed by atoms with Crippen LogP contribution < -0.4 is 4.74 Å². The Morgan fingerprint density at radius 2 is 1.68 bits per heavy atom.